The molecule has 64 heavy (non-hydrogen) atoms. The first-order valence-electron chi connectivity index (χ1n) is 22.1. The van der Waals surface area contributed by atoms with E-state index in [1.54, 1.807) is 0 Å². The van der Waals surface area contributed by atoms with Gasteiger partial charge in [-0.3, -0.25) is 0 Å². The van der Waals surface area contributed by atoms with Crippen LogP contribution >= 0.6 is 0 Å². The summed E-state index contributed by atoms with van der Waals surface area (Å²) in [5, 5.41) is 5.05. The number of hydrogen-bond donors (Lipinski definition) is 0. The van der Waals surface area contributed by atoms with E-state index in [1.165, 1.54) is 111 Å². The Morgan fingerprint density at radius 3 is 0.938 bits per heavy atom. The number of fused-ring (bicyclic) bond motifs is 2. The highest BCUT2D eigenvalue weighted by atomic mass is 14.2. The molecule has 0 saturated carbocycles. The van der Waals surface area contributed by atoms with Gasteiger partial charge in [-0.1, -0.05) is 231 Å². The van der Waals surface area contributed by atoms with Gasteiger partial charge < -0.3 is 0 Å². The Labute approximate surface area is 377 Å². The standard InChI is InChI=1S/C64H48/c1-45-59(55-31-25-49(26-32-55)43-63(51-15-7-3-8-16-51)52-17-9-4-10-18-52)39-35-57-41-47(29-37-61(45)57)23-24-48-30-38-62-46(2)60(40-36-58(62)42-48)56-33-27-50(28-34-56)44-64(53-19-11-5-12-20-53)54-21-13-6-14-22-54/h3-44H,1-2H3/b24-23+. The van der Waals surface area contributed by atoms with Crippen LogP contribution in [0.4, 0.5) is 0 Å². The van der Waals surface area contributed by atoms with Crippen molar-refractivity contribution in [1.29, 1.82) is 0 Å². The zero-order valence-electron chi connectivity index (χ0n) is 36.2. The smallest absolute Gasteiger partial charge is 0.0105 e. The second-order valence-corrected chi connectivity index (χ2v) is 16.6. The van der Waals surface area contributed by atoms with Crippen LogP contribution in [0.5, 0.6) is 0 Å². The van der Waals surface area contributed by atoms with E-state index in [0.29, 0.717) is 0 Å². The lowest BCUT2D eigenvalue weighted by Crippen LogP contribution is -1.89. The second kappa shape index (κ2) is 18.1. The van der Waals surface area contributed by atoms with Crippen molar-refractivity contribution in [2.45, 2.75) is 13.8 Å². The van der Waals surface area contributed by atoms with Gasteiger partial charge in [0.15, 0.2) is 0 Å². The zero-order valence-corrected chi connectivity index (χ0v) is 36.2. The second-order valence-electron chi connectivity index (χ2n) is 16.6. The average molecular weight is 817 g/mol. The van der Waals surface area contributed by atoms with Gasteiger partial charge in [-0.25, -0.2) is 0 Å². The Hall–Kier alpha value is -8.06. The highest BCUT2D eigenvalue weighted by Crippen LogP contribution is 2.35. The quantitative estimate of drug-likeness (QED) is 0.121. The van der Waals surface area contributed by atoms with Crippen molar-refractivity contribution >= 4 is 57.0 Å². The molecule has 0 spiro atoms. The Morgan fingerprint density at radius 1 is 0.297 bits per heavy atom. The third kappa shape index (κ3) is 8.55. The van der Waals surface area contributed by atoms with Crippen molar-refractivity contribution < 1.29 is 0 Å². The summed E-state index contributed by atoms with van der Waals surface area (Å²) in [5.41, 5.74) is 19.6. The fourth-order valence-corrected chi connectivity index (χ4v) is 9.02. The number of benzene rings is 10. The molecular weight excluding hydrogens is 769 g/mol. The molecule has 0 fully saturated rings. The summed E-state index contributed by atoms with van der Waals surface area (Å²) < 4.78 is 0. The molecule has 0 N–H and O–H groups in total. The van der Waals surface area contributed by atoms with Crippen LogP contribution in [-0.4, -0.2) is 0 Å². The van der Waals surface area contributed by atoms with Crippen molar-refractivity contribution in [3.05, 3.63) is 286 Å². The maximum atomic E-state index is 2.30. The molecule has 0 bridgehead atoms. The minimum absolute atomic E-state index is 1.18. The summed E-state index contributed by atoms with van der Waals surface area (Å²) in [6.45, 7) is 4.49. The molecule has 0 unspecified atom stereocenters. The Balaban J connectivity index is 0.853. The molecule has 0 atom stereocenters. The first-order chi connectivity index (χ1) is 31.5. The van der Waals surface area contributed by atoms with Crippen LogP contribution in [0.1, 0.15) is 55.6 Å². The Kier molecular flexibility index (Phi) is 11.3. The Bertz CT molecular complexity index is 3010. The fourth-order valence-electron chi connectivity index (χ4n) is 9.02. The topological polar surface area (TPSA) is 0 Å². The highest BCUT2D eigenvalue weighted by molar-refractivity contribution is 5.97. The molecule has 0 radical (unpaired) electrons. The normalized spacial score (nSPS) is 11.2. The number of aryl methyl sites for hydroxylation is 2. The minimum Gasteiger partial charge on any atom is -0.0622 e. The highest BCUT2D eigenvalue weighted by Gasteiger charge is 2.11. The van der Waals surface area contributed by atoms with Gasteiger partial charge in [-0.05, 0) is 149 Å². The van der Waals surface area contributed by atoms with Crippen molar-refractivity contribution in [3.63, 3.8) is 0 Å². The molecule has 10 rings (SSSR count). The van der Waals surface area contributed by atoms with Gasteiger partial charge in [-0.2, -0.15) is 0 Å². The van der Waals surface area contributed by atoms with E-state index in [9.17, 15) is 0 Å². The van der Waals surface area contributed by atoms with Gasteiger partial charge in [-0.15, -0.1) is 0 Å². The lowest BCUT2D eigenvalue weighted by Gasteiger charge is -2.12. The van der Waals surface area contributed by atoms with Gasteiger partial charge >= 0.3 is 0 Å². The van der Waals surface area contributed by atoms with Crippen LogP contribution in [0.3, 0.4) is 0 Å². The van der Waals surface area contributed by atoms with E-state index in [4.69, 9.17) is 0 Å². The summed E-state index contributed by atoms with van der Waals surface area (Å²) >= 11 is 0. The fraction of sp³-hybridized carbons (Fsp3) is 0.0312. The molecule has 0 aromatic heterocycles. The number of hydrogen-bond acceptors (Lipinski definition) is 0. The molecule has 0 heterocycles. The molecule has 0 aliphatic carbocycles. The van der Waals surface area contributed by atoms with E-state index in [0.717, 1.165) is 0 Å². The predicted molar refractivity (Wildman–Crippen MR) is 277 cm³/mol. The van der Waals surface area contributed by atoms with Crippen LogP contribution in [0.25, 0.3) is 79.2 Å². The summed E-state index contributed by atoms with van der Waals surface area (Å²) in [6.07, 6.45) is 9.04. The van der Waals surface area contributed by atoms with Crippen LogP contribution in [-0.2, 0) is 0 Å². The largest absolute Gasteiger partial charge is 0.0622 e. The zero-order chi connectivity index (χ0) is 43.2. The van der Waals surface area contributed by atoms with E-state index < -0.39 is 0 Å². The van der Waals surface area contributed by atoms with Crippen molar-refractivity contribution in [1.82, 2.24) is 0 Å². The molecule has 0 aliphatic rings. The van der Waals surface area contributed by atoms with Crippen molar-refractivity contribution in [3.8, 4) is 22.3 Å². The van der Waals surface area contributed by atoms with Crippen LogP contribution < -0.4 is 0 Å². The maximum absolute atomic E-state index is 2.30. The van der Waals surface area contributed by atoms with E-state index in [1.807, 2.05) is 0 Å². The first-order valence-corrected chi connectivity index (χ1v) is 22.1. The predicted octanol–water partition coefficient (Wildman–Crippen LogP) is 17.3. The lowest BCUT2D eigenvalue weighted by molar-refractivity contribution is 1.50. The van der Waals surface area contributed by atoms with Gasteiger partial charge in [0.05, 0.1) is 0 Å². The number of rotatable bonds is 10. The summed E-state index contributed by atoms with van der Waals surface area (Å²) in [4.78, 5) is 0. The van der Waals surface area contributed by atoms with Gasteiger partial charge in [0.1, 0.15) is 0 Å². The summed E-state index contributed by atoms with van der Waals surface area (Å²) in [5.74, 6) is 0. The Morgan fingerprint density at radius 2 is 0.609 bits per heavy atom. The third-order valence-electron chi connectivity index (χ3n) is 12.5. The van der Waals surface area contributed by atoms with E-state index in [-0.39, 0.29) is 0 Å². The molecule has 0 nitrogen and oxygen atoms in total. The summed E-state index contributed by atoms with van der Waals surface area (Å²) in [7, 11) is 0. The molecule has 0 saturated heterocycles. The lowest BCUT2D eigenvalue weighted by atomic mass is 9.92. The van der Waals surface area contributed by atoms with Crippen LogP contribution in [0, 0.1) is 13.8 Å². The van der Waals surface area contributed by atoms with Crippen molar-refractivity contribution in [2.75, 3.05) is 0 Å². The van der Waals surface area contributed by atoms with Crippen LogP contribution in [0.15, 0.2) is 231 Å². The SMILES string of the molecule is Cc1c(-c2ccc(C=C(c3ccccc3)c3ccccc3)cc2)ccc2cc(/C=C/c3ccc4c(C)c(-c5ccc(C=C(c6ccccc6)c6ccccc6)cc5)ccc4c3)ccc12. The molecule has 10 aromatic carbocycles. The molecular formula is C64H48. The van der Waals surface area contributed by atoms with E-state index in [2.05, 4.69) is 269 Å². The minimum atomic E-state index is 1.18. The molecule has 0 amide bonds. The summed E-state index contributed by atoms with van der Waals surface area (Å²) in [6, 6.07) is 83.2. The van der Waals surface area contributed by atoms with Gasteiger partial charge in [0.2, 0.25) is 0 Å². The van der Waals surface area contributed by atoms with Gasteiger partial charge in [0, 0.05) is 0 Å². The third-order valence-corrected chi connectivity index (χ3v) is 12.5. The van der Waals surface area contributed by atoms with Crippen molar-refractivity contribution in [2.24, 2.45) is 0 Å². The van der Waals surface area contributed by atoms with Crippen LogP contribution in [0.2, 0.25) is 0 Å². The molecule has 304 valence electrons. The monoisotopic (exact) mass is 816 g/mol. The molecule has 0 aliphatic heterocycles. The average Bonchev–Trinajstić information content (AvgIpc) is 3.36. The molecule has 0 heteroatoms. The molecule has 10 aromatic rings. The first kappa shape index (κ1) is 40.0. The van der Waals surface area contributed by atoms with Gasteiger partial charge in [0.25, 0.3) is 0 Å². The van der Waals surface area contributed by atoms with E-state index >= 15 is 0 Å². The maximum Gasteiger partial charge on any atom is -0.0105 e.